The van der Waals surface area contributed by atoms with Crippen LogP contribution in [0.4, 0.5) is 17.5 Å². The summed E-state index contributed by atoms with van der Waals surface area (Å²) < 4.78 is 0. The molecule has 1 fully saturated rings. The van der Waals surface area contributed by atoms with Crippen molar-refractivity contribution in [3.63, 3.8) is 0 Å². The van der Waals surface area contributed by atoms with Gasteiger partial charge in [-0.15, -0.1) is 0 Å². The van der Waals surface area contributed by atoms with Crippen LogP contribution in [-0.2, 0) is 0 Å². The Bertz CT molecular complexity index is 668. The van der Waals surface area contributed by atoms with Crippen molar-refractivity contribution in [1.29, 1.82) is 0 Å². The minimum Gasteiger partial charge on any atom is -0.354 e. The van der Waals surface area contributed by atoms with E-state index in [-0.39, 0.29) is 0 Å². The Kier molecular flexibility index (Phi) is 4.98. The van der Waals surface area contributed by atoms with Crippen molar-refractivity contribution in [2.24, 2.45) is 0 Å². The Balaban J connectivity index is 1.77. The molecule has 1 saturated heterocycles. The molecule has 0 atom stereocenters. The fourth-order valence-corrected chi connectivity index (χ4v) is 2.95. The van der Waals surface area contributed by atoms with E-state index >= 15 is 0 Å². The summed E-state index contributed by atoms with van der Waals surface area (Å²) >= 11 is 6.03. The van der Waals surface area contributed by atoms with Crippen molar-refractivity contribution in [2.45, 2.75) is 13.8 Å². The SMILES string of the molecule is CCN1CCN(c2cc(C)nc(Nc3cccc(Cl)c3)n2)CC1. The monoisotopic (exact) mass is 331 g/mol. The van der Waals surface area contributed by atoms with Gasteiger partial charge in [0, 0.05) is 48.6 Å². The van der Waals surface area contributed by atoms with Crippen molar-refractivity contribution in [3.8, 4) is 0 Å². The molecule has 122 valence electrons. The van der Waals surface area contributed by atoms with Crippen LogP contribution in [0, 0.1) is 6.92 Å². The van der Waals surface area contributed by atoms with Crippen LogP contribution in [0.15, 0.2) is 30.3 Å². The van der Waals surface area contributed by atoms with Gasteiger partial charge in [0.2, 0.25) is 5.95 Å². The van der Waals surface area contributed by atoms with Crippen molar-refractivity contribution in [2.75, 3.05) is 42.9 Å². The first-order valence-electron chi connectivity index (χ1n) is 7.99. The summed E-state index contributed by atoms with van der Waals surface area (Å²) in [6, 6.07) is 9.63. The van der Waals surface area contributed by atoms with Crippen molar-refractivity contribution in [1.82, 2.24) is 14.9 Å². The van der Waals surface area contributed by atoms with E-state index in [0.29, 0.717) is 11.0 Å². The molecule has 0 unspecified atom stereocenters. The third-order valence-electron chi connectivity index (χ3n) is 4.06. The van der Waals surface area contributed by atoms with E-state index in [1.165, 1.54) is 0 Å². The first-order valence-corrected chi connectivity index (χ1v) is 8.37. The number of halogens is 1. The fourth-order valence-electron chi connectivity index (χ4n) is 2.76. The minimum atomic E-state index is 0.611. The normalized spacial score (nSPS) is 15.7. The lowest BCUT2D eigenvalue weighted by Crippen LogP contribution is -2.46. The van der Waals surface area contributed by atoms with Crippen LogP contribution in [0.5, 0.6) is 0 Å². The van der Waals surface area contributed by atoms with E-state index in [2.05, 4.69) is 32.0 Å². The van der Waals surface area contributed by atoms with E-state index < -0.39 is 0 Å². The Morgan fingerprint density at radius 3 is 2.61 bits per heavy atom. The largest absolute Gasteiger partial charge is 0.354 e. The van der Waals surface area contributed by atoms with Crippen LogP contribution < -0.4 is 10.2 Å². The van der Waals surface area contributed by atoms with Crippen LogP contribution in [0.25, 0.3) is 0 Å². The van der Waals surface area contributed by atoms with Crippen molar-refractivity contribution >= 4 is 29.1 Å². The van der Waals surface area contributed by atoms with Crippen LogP contribution in [0.2, 0.25) is 5.02 Å². The number of nitrogens with zero attached hydrogens (tertiary/aromatic N) is 4. The lowest BCUT2D eigenvalue weighted by Gasteiger charge is -2.34. The highest BCUT2D eigenvalue weighted by Gasteiger charge is 2.17. The van der Waals surface area contributed by atoms with Crippen LogP contribution in [0.1, 0.15) is 12.6 Å². The lowest BCUT2D eigenvalue weighted by molar-refractivity contribution is 0.270. The van der Waals surface area contributed by atoms with Gasteiger partial charge >= 0.3 is 0 Å². The zero-order valence-corrected chi connectivity index (χ0v) is 14.3. The number of rotatable bonds is 4. The summed E-state index contributed by atoms with van der Waals surface area (Å²) in [4.78, 5) is 13.9. The maximum atomic E-state index is 6.03. The third kappa shape index (κ3) is 4.12. The predicted octanol–water partition coefficient (Wildman–Crippen LogP) is 3.32. The van der Waals surface area contributed by atoms with Gasteiger partial charge in [-0.3, -0.25) is 0 Å². The molecule has 1 aliphatic heterocycles. The molecule has 0 aliphatic carbocycles. The number of hydrogen-bond donors (Lipinski definition) is 1. The van der Waals surface area contributed by atoms with Crippen LogP contribution in [0.3, 0.4) is 0 Å². The maximum absolute atomic E-state index is 6.03. The first-order chi connectivity index (χ1) is 11.1. The molecule has 2 aromatic rings. The molecule has 0 bridgehead atoms. The first kappa shape index (κ1) is 16.0. The van der Waals surface area contributed by atoms with Gasteiger partial charge in [-0.25, -0.2) is 4.98 Å². The number of piperazine rings is 1. The molecule has 0 spiro atoms. The molecular formula is C17H22ClN5. The number of anilines is 3. The third-order valence-corrected chi connectivity index (χ3v) is 4.30. The van der Waals surface area contributed by atoms with E-state index in [1.807, 2.05) is 37.3 Å². The van der Waals surface area contributed by atoms with Gasteiger partial charge in [0.1, 0.15) is 5.82 Å². The molecule has 2 heterocycles. The smallest absolute Gasteiger partial charge is 0.229 e. The Labute approximate surface area is 142 Å². The Morgan fingerprint density at radius 1 is 1.13 bits per heavy atom. The van der Waals surface area contributed by atoms with Crippen molar-refractivity contribution < 1.29 is 0 Å². The summed E-state index contributed by atoms with van der Waals surface area (Å²) in [6.45, 7) is 9.47. The van der Waals surface area contributed by atoms with Gasteiger partial charge in [-0.2, -0.15) is 4.98 Å². The summed E-state index contributed by atoms with van der Waals surface area (Å²) in [5.41, 5.74) is 1.85. The molecule has 1 aromatic carbocycles. The summed E-state index contributed by atoms with van der Waals surface area (Å²) in [7, 11) is 0. The number of hydrogen-bond acceptors (Lipinski definition) is 5. The molecule has 5 nitrogen and oxygen atoms in total. The second-order valence-corrected chi connectivity index (χ2v) is 6.18. The molecule has 0 saturated carbocycles. The average Bonchev–Trinajstić information content (AvgIpc) is 2.54. The standard InChI is InChI=1S/C17H22ClN5/c1-3-22-7-9-23(10-8-22)16-11-13(2)19-17(21-16)20-15-6-4-5-14(18)12-15/h4-6,11-12H,3,7-10H2,1-2H3,(H,19,20,21). The average molecular weight is 332 g/mol. The van der Waals surface area contributed by atoms with Gasteiger partial charge in [-0.05, 0) is 31.7 Å². The van der Waals surface area contributed by atoms with Gasteiger partial charge in [0.25, 0.3) is 0 Å². The predicted molar refractivity (Wildman–Crippen MR) is 95.8 cm³/mol. The van der Waals surface area contributed by atoms with E-state index in [9.17, 15) is 0 Å². The molecule has 0 amide bonds. The topological polar surface area (TPSA) is 44.3 Å². The van der Waals surface area contributed by atoms with Crippen LogP contribution in [-0.4, -0.2) is 47.6 Å². The highest BCUT2D eigenvalue weighted by Crippen LogP contribution is 2.21. The molecule has 23 heavy (non-hydrogen) atoms. The van der Waals surface area contributed by atoms with Gasteiger partial charge in [0.15, 0.2) is 0 Å². The van der Waals surface area contributed by atoms with Gasteiger partial charge in [-0.1, -0.05) is 24.6 Å². The van der Waals surface area contributed by atoms with Crippen LogP contribution >= 0.6 is 11.6 Å². The Morgan fingerprint density at radius 2 is 1.91 bits per heavy atom. The summed E-state index contributed by atoms with van der Waals surface area (Å²) in [6.07, 6.45) is 0. The Hall–Kier alpha value is -1.85. The molecule has 0 radical (unpaired) electrons. The molecule has 1 N–H and O–H groups in total. The molecule has 3 rings (SSSR count). The zero-order chi connectivity index (χ0) is 16.2. The molecule has 6 heteroatoms. The lowest BCUT2D eigenvalue weighted by atomic mass is 10.3. The van der Waals surface area contributed by atoms with E-state index in [0.717, 1.165) is 49.9 Å². The molecular weight excluding hydrogens is 310 g/mol. The number of nitrogens with one attached hydrogen (secondary N) is 1. The second kappa shape index (κ2) is 7.15. The van der Waals surface area contributed by atoms with E-state index in [1.54, 1.807) is 0 Å². The minimum absolute atomic E-state index is 0.611. The van der Waals surface area contributed by atoms with Gasteiger partial charge in [0.05, 0.1) is 0 Å². The molecule has 1 aromatic heterocycles. The quantitative estimate of drug-likeness (QED) is 0.931. The second-order valence-electron chi connectivity index (χ2n) is 5.75. The van der Waals surface area contributed by atoms with Gasteiger partial charge < -0.3 is 15.1 Å². The van der Waals surface area contributed by atoms with E-state index in [4.69, 9.17) is 11.6 Å². The molecule has 1 aliphatic rings. The highest BCUT2D eigenvalue weighted by molar-refractivity contribution is 6.30. The summed E-state index contributed by atoms with van der Waals surface area (Å²) in [5, 5.41) is 3.93. The number of likely N-dealkylation sites (N-methyl/N-ethyl adjacent to an activating group) is 1. The van der Waals surface area contributed by atoms with Crippen molar-refractivity contribution in [3.05, 3.63) is 41.0 Å². The fraction of sp³-hybridized carbons (Fsp3) is 0.412. The maximum Gasteiger partial charge on any atom is 0.229 e. The number of benzene rings is 1. The summed E-state index contributed by atoms with van der Waals surface area (Å²) in [5.74, 6) is 1.60. The number of aryl methyl sites for hydroxylation is 1. The number of aromatic nitrogens is 2. The highest BCUT2D eigenvalue weighted by atomic mass is 35.5. The zero-order valence-electron chi connectivity index (χ0n) is 13.6.